The van der Waals surface area contributed by atoms with Gasteiger partial charge in [-0.2, -0.15) is 0 Å². The lowest BCUT2D eigenvalue weighted by molar-refractivity contribution is 0.0953. The number of nitrogens with one attached hydrogen (secondary N) is 1. The summed E-state index contributed by atoms with van der Waals surface area (Å²) in [5.74, 6) is -0.595. The minimum absolute atomic E-state index is 0.113. The molecule has 18 heavy (non-hydrogen) atoms. The van der Waals surface area contributed by atoms with E-state index >= 15 is 0 Å². The van der Waals surface area contributed by atoms with Crippen molar-refractivity contribution in [1.82, 2.24) is 10.3 Å². The Morgan fingerprint density at radius 2 is 2.11 bits per heavy atom. The predicted molar refractivity (Wildman–Crippen MR) is 69.2 cm³/mol. The number of halogens is 2. The van der Waals surface area contributed by atoms with Gasteiger partial charge < -0.3 is 5.32 Å². The van der Waals surface area contributed by atoms with Crippen LogP contribution < -0.4 is 10.5 Å². The quantitative estimate of drug-likeness (QED) is 0.620. The Morgan fingerprint density at radius 1 is 1.44 bits per heavy atom. The molecule has 0 bridgehead atoms. The molecule has 0 aliphatic heterocycles. The van der Waals surface area contributed by atoms with Gasteiger partial charge in [-0.1, -0.05) is 23.2 Å². The van der Waals surface area contributed by atoms with E-state index in [0.29, 0.717) is 0 Å². The molecule has 0 atom stereocenters. The molecular weight excluding hydrogens is 301 g/mol. The lowest BCUT2D eigenvalue weighted by Crippen LogP contribution is -2.27. The predicted octanol–water partition coefficient (Wildman–Crippen LogP) is 0.797. The molecular formula is C9H11Cl2N3O3S. The highest BCUT2D eigenvalue weighted by atomic mass is 35.5. The average Bonchev–Trinajstić information content (AvgIpc) is 2.26. The van der Waals surface area contributed by atoms with Crippen LogP contribution in [0.1, 0.15) is 16.8 Å². The van der Waals surface area contributed by atoms with E-state index in [0.717, 1.165) is 0 Å². The van der Waals surface area contributed by atoms with Crippen LogP contribution in [0, 0.1) is 0 Å². The second kappa shape index (κ2) is 6.33. The van der Waals surface area contributed by atoms with Gasteiger partial charge >= 0.3 is 0 Å². The van der Waals surface area contributed by atoms with Crippen molar-refractivity contribution < 1.29 is 13.2 Å². The molecule has 3 N–H and O–H groups in total. The number of rotatable bonds is 5. The van der Waals surface area contributed by atoms with Gasteiger partial charge in [0.2, 0.25) is 10.0 Å². The molecule has 0 unspecified atom stereocenters. The van der Waals surface area contributed by atoms with E-state index in [-0.39, 0.29) is 34.5 Å². The highest BCUT2D eigenvalue weighted by Crippen LogP contribution is 2.19. The van der Waals surface area contributed by atoms with Crippen LogP contribution in [0.15, 0.2) is 12.3 Å². The number of pyridine rings is 1. The number of carbonyl (C=O) groups is 1. The molecule has 1 aromatic heterocycles. The molecule has 0 fully saturated rings. The Labute approximate surface area is 115 Å². The zero-order chi connectivity index (χ0) is 13.8. The fourth-order valence-corrected chi connectivity index (χ4v) is 1.94. The molecule has 1 aromatic rings. The third-order valence-electron chi connectivity index (χ3n) is 1.95. The van der Waals surface area contributed by atoms with Crippen LogP contribution in [0.5, 0.6) is 0 Å². The first-order valence-electron chi connectivity index (χ1n) is 4.89. The van der Waals surface area contributed by atoms with Crippen LogP contribution in [0.4, 0.5) is 0 Å². The van der Waals surface area contributed by atoms with Crippen molar-refractivity contribution in [2.24, 2.45) is 5.14 Å². The average molecular weight is 312 g/mol. The van der Waals surface area contributed by atoms with Gasteiger partial charge in [0, 0.05) is 12.7 Å². The van der Waals surface area contributed by atoms with Gasteiger partial charge in [0.15, 0.2) is 0 Å². The van der Waals surface area contributed by atoms with Gasteiger partial charge in [-0.05, 0) is 12.5 Å². The number of nitrogens with two attached hydrogens (primary N) is 1. The molecule has 1 amide bonds. The lowest BCUT2D eigenvalue weighted by atomic mass is 10.2. The van der Waals surface area contributed by atoms with Gasteiger partial charge in [0.05, 0.1) is 16.3 Å². The maximum atomic E-state index is 11.6. The number of amides is 1. The van der Waals surface area contributed by atoms with Gasteiger partial charge in [0.1, 0.15) is 5.15 Å². The summed E-state index contributed by atoms with van der Waals surface area (Å²) in [6.07, 6.45) is 1.52. The first-order valence-corrected chi connectivity index (χ1v) is 7.36. The molecule has 0 aliphatic rings. The van der Waals surface area contributed by atoms with Crippen molar-refractivity contribution in [3.63, 3.8) is 0 Å². The van der Waals surface area contributed by atoms with Gasteiger partial charge in [0.25, 0.3) is 5.91 Å². The van der Waals surface area contributed by atoms with Crippen LogP contribution in [-0.2, 0) is 10.0 Å². The lowest BCUT2D eigenvalue weighted by Gasteiger charge is -2.05. The molecule has 0 aliphatic carbocycles. The molecule has 0 saturated carbocycles. The van der Waals surface area contributed by atoms with E-state index in [1.807, 2.05) is 0 Å². The van der Waals surface area contributed by atoms with E-state index in [4.69, 9.17) is 28.3 Å². The van der Waals surface area contributed by atoms with Crippen LogP contribution >= 0.6 is 23.2 Å². The molecule has 1 heterocycles. The summed E-state index contributed by atoms with van der Waals surface area (Å²) < 4.78 is 21.3. The molecule has 0 spiro atoms. The molecule has 0 aromatic carbocycles. The second-order valence-corrected chi connectivity index (χ2v) is 5.97. The van der Waals surface area contributed by atoms with Crippen LogP contribution in [0.25, 0.3) is 0 Å². The fraction of sp³-hybridized carbons (Fsp3) is 0.333. The van der Waals surface area contributed by atoms with Gasteiger partial charge in [-0.25, -0.2) is 18.5 Å². The minimum Gasteiger partial charge on any atom is -0.352 e. The number of hydrogen-bond acceptors (Lipinski definition) is 4. The number of nitrogens with zero attached hydrogens (tertiary/aromatic N) is 1. The minimum atomic E-state index is -3.50. The van der Waals surface area contributed by atoms with E-state index in [9.17, 15) is 13.2 Å². The maximum Gasteiger partial charge on any atom is 0.252 e. The largest absolute Gasteiger partial charge is 0.352 e. The Hall–Kier alpha value is -0.890. The summed E-state index contributed by atoms with van der Waals surface area (Å²) in [6, 6.07) is 1.38. The fourth-order valence-electron chi connectivity index (χ4n) is 1.12. The third-order valence-corrected chi connectivity index (χ3v) is 3.49. The summed E-state index contributed by atoms with van der Waals surface area (Å²) in [4.78, 5) is 15.3. The summed E-state index contributed by atoms with van der Waals surface area (Å²) in [5.41, 5.74) is 0.250. The van der Waals surface area contributed by atoms with Crippen LogP contribution in [-0.4, -0.2) is 31.6 Å². The van der Waals surface area contributed by atoms with Crippen molar-refractivity contribution in [2.45, 2.75) is 6.42 Å². The zero-order valence-electron chi connectivity index (χ0n) is 9.19. The number of sulfonamides is 1. The molecule has 1 rings (SSSR count). The summed E-state index contributed by atoms with van der Waals surface area (Å²) in [7, 11) is -3.50. The Bertz CT molecular complexity index is 548. The Kier molecular flexibility index (Phi) is 5.33. The summed E-state index contributed by atoms with van der Waals surface area (Å²) in [6.45, 7) is 0.190. The third kappa shape index (κ3) is 5.18. The number of carbonyl (C=O) groups excluding carboxylic acids is 1. The highest BCUT2D eigenvalue weighted by Gasteiger charge is 2.09. The second-order valence-electron chi connectivity index (χ2n) is 3.47. The van der Waals surface area contributed by atoms with Crippen molar-refractivity contribution in [2.75, 3.05) is 12.3 Å². The van der Waals surface area contributed by atoms with Gasteiger partial charge in [-0.15, -0.1) is 0 Å². The molecule has 100 valence electrons. The maximum absolute atomic E-state index is 11.6. The van der Waals surface area contributed by atoms with E-state index in [1.54, 1.807) is 0 Å². The Balaban J connectivity index is 2.48. The molecule has 0 saturated heterocycles. The first-order chi connectivity index (χ1) is 8.29. The van der Waals surface area contributed by atoms with Crippen molar-refractivity contribution in [3.05, 3.63) is 28.0 Å². The number of primary sulfonamides is 1. The molecule has 6 nitrogen and oxygen atoms in total. The van der Waals surface area contributed by atoms with Crippen LogP contribution in [0.2, 0.25) is 10.2 Å². The zero-order valence-corrected chi connectivity index (χ0v) is 11.5. The van der Waals surface area contributed by atoms with Crippen molar-refractivity contribution >= 4 is 39.1 Å². The molecule has 9 heteroatoms. The summed E-state index contributed by atoms with van der Waals surface area (Å²) in [5, 5.41) is 7.62. The van der Waals surface area contributed by atoms with E-state index < -0.39 is 15.9 Å². The normalized spacial score (nSPS) is 11.3. The SMILES string of the molecule is NS(=O)(=O)CCCNC(=O)c1cnc(Cl)c(Cl)c1. The highest BCUT2D eigenvalue weighted by molar-refractivity contribution is 7.89. The van der Waals surface area contributed by atoms with Crippen LogP contribution in [0.3, 0.4) is 0 Å². The monoisotopic (exact) mass is 311 g/mol. The smallest absolute Gasteiger partial charge is 0.252 e. The van der Waals surface area contributed by atoms with Crippen molar-refractivity contribution in [3.8, 4) is 0 Å². The van der Waals surface area contributed by atoms with E-state index in [2.05, 4.69) is 10.3 Å². The topological polar surface area (TPSA) is 102 Å². The number of aromatic nitrogens is 1. The Morgan fingerprint density at radius 3 is 2.67 bits per heavy atom. The first kappa shape index (κ1) is 15.2. The molecule has 0 radical (unpaired) electrons. The standard InChI is InChI=1S/C9H11Cl2N3O3S/c10-7-4-6(5-14-8(7)11)9(15)13-2-1-3-18(12,16)17/h4-5H,1-3H2,(H,13,15)(H2,12,16,17). The number of hydrogen-bond donors (Lipinski definition) is 2. The summed E-state index contributed by atoms with van der Waals surface area (Å²) >= 11 is 11.3. The van der Waals surface area contributed by atoms with Crippen molar-refractivity contribution in [1.29, 1.82) is 0 Å². The van der Waals surface area contributed by atoms with Gasteiger partial charge in [-0.3, -0.25) is 4.79 Å². The van der Waals surface area contributed by atoms with E-state index in [1.165, 1.54) is 12.3 Å².